The van der Waals surface area contributed by atoms with E-state index in [1.165, 1.54) is 6.07 Å². The second-order valence-electron chi connectivity index (χ2n) is 5.02. The molecule has 0 heterocycles. The summed E-state index contributed by atoms with van der Waals surface area (Å²) in [6.07, 6.45) is 3.21. The molecule has 0 amide bonds. The zero-order valence-corrected chi connectivity index (χ0v) is 11.5. The van der Waals surface area contributed by atoms with Crippen LogP contribution in [0.3, 0.4) is 0 Å². The van der Waals surface area contributed by atoms with Crippen LogP contribution in [-0.2, 0) is 0 Å². The van der Waals surface area contributed by atoms with Gasteiger partial charge in [0, 0.05) is 23.9 Å². The molecule has 20 heavy (non-hydrogen) atoms. The van der Waals surface area contributed by atoms with Crippen molar-refractivity contribution in [3.05, 3.63) is 28.3 Å². The van der Waals surface area contributed by atoms with Crippen LogP contribution in [0.15, 0.2) is 18.2 Å². The van der Waals surface area contributed by atoms with E-state index >= 15 is 0 Å². The number of aliphatic hydroxyl groups is 1. The molecule has 1 aliphatic rings. The second-order valence-corrected chi connectivity index (χ2v) is 5.02. The van der Waals surface area contributed by atoms with Gasteiger partial charge in [-0.05, 0) is 38.7 Å². The molecular weight excluding hydrogens is 260 g/mol. The van der Waals surface area contributed by atoms with E-state index in [2.05, 4.69) is 5.32 Å². The molecule has 2 rings (SSSR count). The number of ether oxygens (including phenoxy) is 1. The van der Waals surface area contributed by atoms with Gasteiger partial charge in [0.15, 0.2) is 5.75 Å². The Bertz CT molecular complexity index is 470. The molecule has 6 heteroatoms. The van der Waals surface area contributed by atoms with Gasteiger partial charge in [0.1, 0.15) is 0 Å². The minimum absolute atomic E-state index is 0.0172. The minimum atomic E-state index is -0.439. The monoisotopic (exact) mass is 280 g/mol. The van der Waals surface area contributed by atoms with E-state index in [1.807, 2.05) is 0 Å². The van der Waals surface area contributed by atoms with Crippen LogP contribution in [-0.4, -0.2) is 28.8 Å². The van der Waals surface area contributed by atoms with Crippen molar-refractivity contribution in [1.29, 1.82) is 0 Å². The predicted octanol–water partition coefficient (Wildman–Crippen LogP) is 2.71. The molecule has 6 nitrogen and oxygen atoms in total. The Morgan fingerprint density at radius 3 is 2.70 bits per heavy atom. The normalized spacial score (nSPS) is 22.3. The number of nitrogens with one attached hydrogen (secondary N) is 1. The second kappa shape index (κ2) is 6.56. The van der Waals surface area contributed by atoms with E-state index in [4.69, 9.17) is 4.74 Å². The lowest BCUT2D eigenvalue weighted by Crippen LogP contribution is -2.28. The van der Waals surface area contributed by atoms with Gasteiger partial charge >= 0.3 is 5.69 Å². The van der Waals surface area contributed by atoms with Gasteiger partial charge in [0.05, 0.1) is 17.6 Å². The Morgan fingerprint density at radius 2 is 2.10 bits per heavy atom. The average molecular weight is 280 g/mol. The summed E-state index contributed by atoms with van der Waals surface area (Å²) in [6, 6.07) is 5.14. The fraction of sp³-hybridized carbons (Fsp3) is 0.571. The molecule has 1 aliphatic carbocycles. The molecule has 0 aliphatic heterocycles. The van der Waals surface area contributed by atoms with E-state index in [0.29, 0.717) is 18.4 Å². The Morgan fingerprint density at radius 1 is 1.40 bits per heavy atom. The Kier molecular flexibility index (Phi) is 4.79. The molecule has 1 aromatic rings. The summed E-state index contributed by atoms with van der Waals surface area (Å²) in [7, 11) is 0. The topological polar surface area (TPSA) is 84.6 Å². The summed E-state index contributed by atoms with van der Waals surface area (Å²) in [4.78, 5) is 10.5. The van der Waals surface area contributed by atoms with Crippen LogP contribution in [0.5, 0.6) is 5.75 Å². The first kappa shape index (κ1) is 14.6. The number of benzene rings is 1. The summed E-state index contributed by atoms with van der Waals surface area (Å²) in [5.41, 5.74) is 0.803. The third-order valence-corrected chi connectivity index (χ3v) is 3.52. The van der Waals surface area contributed by atoms with Crippen molar-refractivity contribution in [3.8, 4) is 5.75 Å². The van der Waals surface area contributed by atoms with Gasteiger partial charge in [-0.1, -0.05) is 0 Å². The van der Waals surface area contributed by atoms with Crippen LogP contribution in [0.2, 0.25) is 0 Å². The maximum absolute atomic E-state index is 10.9. The van der Waals surface area contributed by atoms with Crippen LogP contribution in [0.1, 0.15) is 32.6 Å². The van der Waals surface area contributed by atoms with Crippen molar-refractivity contribution in [2.24, 2.45) is 0 Å². The fourth-order valence-corrected chi connectivity index (χ4v) is 2.48. The highest BCUT2D eigenvalue weighted by molar-refractivity contribution is 5.58. The Balaban J connectivity index is 2.08. The van der Waals surface area contributed by atoms with E-state index in [-0.39, 0.29) is 11.8 Å². The van der Waals surface area contributed by atoms with Crippen LogP contribution >= 0.6 is 0 Å². The van der Waals surface area contributed by atoms with Crippen molar-refractivity contribution < 1.29 is 14.8 Å². The van der Waals surface area contributed by atoms with E-state index in [0.717, 1.165) is 31.4 Å². The first-order chi connectivity index (χ1) is 9.60. The van der Waals surface area contributed by atoms with Gasteiger partial charge in [-0.25, -0.2) is 0 Å². The van der Waals surface area contributed by atoms with Crippen LogP contribution in [0.25, 0.3) is 0 Å². The average Bonchev–Trinajstić information content (AvgIpc) is 2.42. The molecular formula is C14H20N2O4. The van der Waals surface area contributed by atoms with Crippen molar-refractivity contribution >= 4 is 11.4 Å². The minimum Gasteiger partial charge on any atom is -0.487 e. The highest BCUT2D eigenvalue weighted by Crippen LogP contribution is 2.31. The van der Waals surface area contributed by atoms with Crippen LogP contribution in [0, 0.1) is 10.1 Å². The number of nitro groups is 1. The third kappa shape index (κ3) is 3.60. The van der Waals surface area contributed by atoms with Gasteiger partial charge in [0.2, 0.25) is 0 Å². The number of nitro benzene ring substituents is 1. The number of aliphatic hydroxyl groups excluding tert-OH is 1. The van der Waals surface area contributed by atoms with Crippen LogP contribution < -0.4 is 10.1 Å². The molecule has 0 radical (unpaired) electrons. The third-order valence-electron chi connectivity index (χ3n) is 3.52. The van der Waals surface area contributed by atoms with E-state index in [1.54, 1.807) is 19.1 Å². The lowest BCUT2D eigenvalue weighted by Gasteiger charge is -2.27. The largest absolute Gasteiger partial charge is 0.487 e. The zero-order valence-electron chi connectivity index (χ0n) is 11.5. The van der Waals surface area contributed by atoms with Crippen molar-refractivity contribution in [3.63, 3.8) is 0 Å². The molecule has 1 saturated carbocycles. The van der Waals surface area contributed by atoms with Gasteiger partial charge in [-0.3, -0.25) is 10.1 Å². The standard InChI is InChI=1S/C14H20N2O4/c1-2-20-14-9-11(5-8-13(14)16(18)19)15-10-3-6-12(17)7-4-10/h5,8-10,12,15,17H,2-4,6-7H2,1H3. The summed E-state index contributed by atoms with van der Waals surface area (Å²) in [6.45, 7) is 2.19. The number of nitrogens with zero attached hydrogens (tertiary/aromatic N) is 1. The van der Waals surface area contributed by atoms with Gasteiger partial charge < -0.3 is 15.2 Å². The molecule has 1 fully saturated rings. The first-order valence-electron chi connectivity index (χ1n) is 6.96. The highest BCUT2D eigenvalue weighted by atomic mass is 16.6. The van der Waals surface area contributed by atoms with E-state index < -0.39 is 4.92 Å². The van der Waals surface area contributed by atoms with Crippen molar-refractivity contribution in [1.82, 2.24) is 0 Å². The van der Waals surface area contributed by atoms with Gasteiger partial charge in [-0.15, -0.1) is 0 Å². The van der Waals surface area contributed by atoms with Crippen molar-refractivity contribution in [2.75, 3.05) is 11.9 Å². The SMILES string of the molecule is CCOc1cc(NC2CCC(O)CC2)ccc1[N+](=O)[O-]. The molecule has 0 atom stereocenters. The molecule has 0 bridgehead atoms. The highest BCUT2D eigenvalue weighted by Gasteiger charge is 2.20. The molecule has 0 saturated heterocycles. The van der Waals surface area contributed by atoms with Crippen LogP contribution in [0.4, 0.5) is 11.4 Å². The molecule has 0 spiro atoms. The zero-order chi connectivity index (χ0) is 14.5. The summed E-state index contributed by atoms with van der Waals surface area (Å²) >= 11 is 0. The summed E-state index contributed by atoms with van der Waals surface area (Å²) < 4.78 is 5.32. The number of hydrogen-bond acceptors (Lipinski definition) is 5. The van der Waals surface area contributed by atoms with E-state index in [9.17, 15) is 15.2 Å². The van der Waals surface area contributed by atoms with Gasteiger partial charge in [0.25, 0.3) is 0 Å². The Labute approximate surface area is 117 Å². The maximum atomic E-state index is 10.9. The lowest BCUT2D eigenvalue weighted by molar-refractivity contribution is -0.385. The number of hydrogen-bond donors (Lipinski definition) is 2. The smallest absolute Gasteiger partial charge is 0.311 e. The number of rotatable bonds is 5. The number of anilines is 1. The lowest BCUT2D eigenvalue weighted by atomic mass is 9.93. The molecule has 110 valence electrons. The first-order valence-corrected chi connectivity index (χ1v) is 6.96. The van der Waals surface area contributed by atoms with Crippen molar-refractivity contribution in [2.45, 2.75) is 44.8 Å². The van der Waals surface area contributed by atoms with Gasteiger partial charge in [-0.2, -0.15) is 0 Å². The summed E-state index contributed by atoms with van der Waals surface area (Å²) in [5.74, 6) is 0.290. The predicted molar refractivity (Wildman–Crippen MR) is 76.2 cm³/mol. The molecule has 1 aromatic carbocycles. The molecule has 0 unspecified atom stereocenters. The molecule has 2 N–H and O–H groups in total. The maximum Gasteiger partial charge on any atom is 0.311 e. The molecule has 0 aromatic heterocycles. The quantitative estimate of drug-likeness (QED) is 0.640. The fourth-order valence-electron chi connectivity index (χ4n) is 2.48. The Hall–Kier alpha value is -1.82. The summed E-state index contributed by atoms with van der Waals surface area (Å²) in [5, 5.41) is 23.7.